The van der Waals surface area contributed by atoms with Crippen molar-refractivity contribution in [2.75, 3.05) is 13.1 Å². The van der Waals surface area contributed by atoms with Crippen LogP contribution in [-0.2, 0) is 9.53 Å². The number of hydrogen-bond donors (Lipinski definition) is 2. The molecule has 154 valence electrons. The van der Waals surface area contributed by atoms with Crippen LogP contribution in [0.5, 0.6) is 0 Å². The Morgan fingerprint density at radius 1 is 1.04 bits per heavy atom. The van der Waals surface area contributed by atoms with E-state index in [1.807, 2.05) is 13.8 Å². The van der Waals surface area contributed by atoms with Crippen LogP contribution in [0.25, 0.3) is 0 Å². The van der Waals surface area contributed by atoms with Crippen molar-refractivity contribution in [3.63, 3.8) is 0 Å². The fourth-order valence-electron chi connectivity index (χ4n) is 4.03. The average Bonchev–Trinajstić information content (AvgIpc) is 2.60. The summed E-state index contributed by atoms with van der Waals surface area (Å²) < 4.78 is 5.73. The van der Waals surface area contributed by atoms with Gasteiger partial charge < -0.3 is 15.2 Å². The zero-order valence-corrected chi connectivity index (χ0v) is 17.6. The van der Waals surface area contributed by atoms with Crippen molar-refractivity contribution in [3.8, 4) is 0 Å². The second-order valence-corrected chi connectivity index (χ2v) is 8.69. The number of nitrogens with two attached hydrogens (primary N) is 1. The molecule has 1 saturated heterocycles. The highest BCUT2D eigenvalue weighted by Crippen LogP contribution is 2.28. The lowest BCUT2D eigenvalue weighted by Crippen LogP contribution is -2.86. The Kier molecular flexibility index (Phi) is 12.2. The van der Waals surface area contributed by atoms with E-state index in [0.717, 1.165) is 38.8 Å². The van der Waals surface area contributed by atoms with Crippen molar-refractivity contribution in [3.05, 3.63) is 0 Å². The fourth-order valence-corrected chi connectivity index (χ4v) is 4.03. The van der Waals surface area contributed by atoms with Crippen molar-refractivity contribution in [2.45, 2.75) is 116 Å². The molecule has 0 radical (unpaired) electrons. The number of ether oxygens (including phenoxy) is 1. The van der Waals surface area contributed by atoms with Gasteiger partial charge in [-0.3, -0.25) is 4.79 Å². The molecular formula is C22H44NO3+. The number of quaternary nitrogens is 1. The number of esters is 1. The Balaban J connectivity index is 2.07. The highest BCUT2D eigenvalue weighted by molar-refractivity contribution is 5.70. The van der Waals surface area contributed by atoms with E-state index in [9.17, 15) is 9.90 Å². The second kappa shape index (κ2) is 13.5. The van der Waals surface area contributed by atoms with Crippen molar-refractivity contribution >= 4 is 5.97 Å². The molecule has 1 aliphatic rings. The van der Waals surface area contributed by atoms with Gasteiger partial charge in [-0.15, -0.1) is 0 Å². The zero-order valence-electron chi connectivity index (χ0n) is 17.6. The number of piperidine rings is 1. The molecular weight excluding hydrogens is 326 g/mol. The summed E-state index contributed by atoms with van der Waals surface area (Å²) in [6.45, 7) is 8.53. The molecule has 0 aliphatic carbocycles. The third kappa shape index (κ3) is 10.5. The van der Waals surface area contributed by atoms with Crippen molar-refractivity contribution in [2.24, 2.45) is 5.92 Å². The molecule has 0 aromatic rings. The van der Waals surface area contributed by atoms with Gasteiger partial charge >= 0.3 is 5.97 Å². The maximum absolute atomic E-state index is 12.2. The Labute approximate surface area is 161 Å². The molecule has 1 heterocycles. The molecule has 1 unspecified atom stereocenters. The summed E-state index contributed by atoms with van der Waals surface area (Å²) >= 11 is 0. The standard InChI is InChI=1S/C22H43NO3/c1-4-5-6-7-8-9-10-11-12-13-20(24)18-21(25)26-22(2,3)19-14-16-23-17-15-19/h19-20,23-24H,4-18H2,1-3H3/p+1. The van der Waals surface area contributed by atoms with Crippen molar-refractivity contribution in [1.82, 2.24) is 0 Å². The molecule has 0 amide bonds. The summed E-state index contributed by atoms with van der Waals surface area (Å²) in [6.07, 6.45) is 13.9. The van der Waals surface area contributed by atoms with Gasteiger partial charge in [-0.2, -0.15) is 0 Å². The van der Waals surface area contributed by atoms with E-state index >= 15 is 0 Å². The lowest BCUT2D eigenvalue weighted by Gasteiger charge is -2.35. The van der Waals surface area contributed by atoms with E-state index in [1.54, 1.807) is 0 Å². The minimum atomic E-state index is -0.553. The smallest absolute Gasteiger partial charge is 0.308 e. The maximum Gasteiger partial charge on any atom is 0.308 e. The van der Waals surface area contributed by atoms with E-state index in [1.165, 1.54) is 44.9 Å². The summed E-state index contributed by atoms with van der Waals surface area (Å²) in [7, 11) is 0. The minimum Gasteiger partial charge on any atom is -0.459 e. The molecule has 0 bridgehead atoms. The van der Waals surface area contributed by atoms with E-state index in [4.69, 9.17) is 4.74 Å². The fraction of sp³-hybridized carbons (Fsp3) is 0.955. The number of unbranched alkanes of at least 4 members (excludes halogenated alkanes) is 8. The molecule has 1 rings (SSSR count). The summed E-state index contributed by atoms with van der Waals surface area (Å²) in [5.74, 6) is 0.193. The number of carbonyl (C=O) groups excluding carboxylic acids is 1. The average molecular weight is 371 g/mol. The second-order valence-electron chi connectivity index (χ2n) is 8.69. The third-order valence-corrected chi connectivity index (χ3v) is 5.84. The Bertz CT molecular complexity index is 364. The number of rotatable bonds is 14. The van der Waals surface area contributed by atoms with Crippen LogP contribution in [0.2, 0.25) is 0 Å². The highest BCUT2D eigenvalue weighted by atomic mass is 16.6. The predicted octanol–water partition coefficient (Wildman–Crippen LogP) is 3.95. The highest BCUT2D eigenvalue weighted by Gasteiger charge is 2.35. The lowest BCUT2D eigenvalue weighted by atomic mass is 9.83. The topological polar surface area (TPSA) is 63.1 Å². The number of hydrogen-bond acceptors (Lipinski definition) is 3. The zero-order chi connectivity index (χ0) is 19.3. The molecule has 4 heteroatoms. The summed E-state index contributed by atoms with van der Waals surface area (Å²) in [5, 5.41) is 12.4. The van der Waals surface area contributed by atoms with Crippen LogP contribution in [0, 0.1) is 5.92 Å². The molecule has 0 spiro atoms. The number of carbonyl (C=O) groups is 1. The first-order valence-electron chi connectivity index (χ1n) is 11.2. The molecule has 1 atom stereocenters. The van der Waals surface area contributed by atoms with Gasteiger partial charge in [0.2, 0.25) is 0 Å². The first-order chi connectivity index (χ1) is 12.5. The number of aliphatic hydroxyl groups excluding tert-OH is 1. The molecule has 0 aromatic heterocycles. The van der Waals surface area contributed by atoms with E-state index in [-0.39, 0.29) is 12.4 Å². The minimum absolute atomic E-state index is 0.138. The van der Waals surface area contributed by atoms with Gasteiger partial charge in [0, 0.05) is 18.8 Å². The summed E-state index contributed by atoms with van der Waals surface area (Å²) in [6, 6.07) is 0. The SMILES string of the molecule is CCCCCCCCCCCC(O)CC(=O)OC(C)(C)C1CC[NH2+]CC1. The Hall–Kier alpha value is -0.610. The predicted molar refractivity (Wildman–Crippen MR) is 107 cm³/mol. The lowest BCUT2D eigenvalue weighted by molar-refractivity contribution is -0.665. The molecule has 4 nitrogen and oxygen atoms in total. The van der Waals surface area contributed by atoms with Crippen molar-refractivity contribution < 1.29 is 20.0 Å². The van der Waals surface area contributed by atoms with E-state index < -0.39 is 11.7 Å². The number of aliphatic hydroxyl groups is 1. The van der Waals surface area contributed by atoms with Crippen molar-refractivity contribution in [1.29, 1.82) is 0 Å². The molecule has 1 aliphatic heterocycles. The molecule has 3 N–H and O–H groups in total. The van der Waals surface area contributed by atoms with Crippen LogP contribution in [0.15, 0.2) is 0 Å². The van der Waals surface area contributed by atoms with Crippen LogP contribution in [0.3, 0.4) is 0 Å². The van der Waals surface area contributed by atoms with Gasteiger partial charge in [0.25, 0.3) is 0 Å². The van der Waals surface area contributed by atoms with Gasteiger partial charge in [0.15, 0.2) is 0 Å². The van der Waals surface area contributed by atoms with Crippen LogP contribution in [0.1, 0.15) is 104 Å². The van der Waals surface area contributed by atoms with Gasteiger partial charge in [0.05, 0.1) is 25.6 Å². The van der Waals surface area contributed by atoms with Crippen LogP contribution >= 0.6 is 0 Å². The van der Waals surface area contributed by atoms with Crippen LogP contribution in [-0.4, -0.2) is 35.9 Å². The normalized spacial score (nSPS) is 17.2. The monoisotopic (exact) mass is 370 g/mol. The van der Waals surface area contributed by atoms with Crippen LogP contribution in [0.4, 0.5) is 0 Å². The van der Waals surface area contributed by atoms with Gasteiger partial charge in [-0.1, -0.05) is 64.7 Å². The third-order valence-electron chi connectivity index (χ3n) is 5.84. The Morgan fingerprint density at radius 2 is 1.58 bits per heavy atom. The summed E-state index contributed by atoms with van der Waals surface area (Å²) in [5.41, 5.74) is -0.414. The van der Waals surface area contributed by atoms with Gasteiger partial charge in [-0.25, -0.2) is 0 Å². The van der Waals surface area contributed by atoms with Gasteiger partial charge in [0.1, 0.15) is 5.60 Å². The maximum atomic E-state index is 12.2. The first-order valence-corrected chi connectivity index (χ1v) is 11.2. The van der Waals surface area contributed by atoms with Crippen LogP contribution < -0.4 is 5.32 Å². The first kappa shape index (κ1) is 23.4. The Morgan fingerprint density at radius 3 is 2.15 bits per heavy atom. The van der Waals surface area contributed by atoms with E-state index in [2.05, 4.69) is 12.2 Å². The van der Waals surface area contributed by atoms with E-state index in [0.29, 0.717) is 12.3 Å². The quantitative estimate of drug-likeness (QED) is 0.359. The molecule has 1 fully saturated rings. The summed E-state index contributed by atoms with van der Waals surface area (Å²) in [4.78, 5) is 12.2. The van der Waals surface area contributed by atoms with Gasteiger partial charge in [-0.05, 0) is 20.3 Å². The largest absolute Gasteiger partial charge is 0.459 e. The molecule has 0 aromatic carbocycles. The molecule has 26 heavy (non-hydrogen) atoms. The molecule has 0 saturated carbocycles.